The second-order valence-electron chi connectivity index (χ2n) is 3.39. The molecular formula is C10H12N2O2. The molecule has 0 amide bonds. The highest BCUT2D eigenvalue weighted by molar-refractivity contribution is 5.86. The van der Waals surface area contributed by atoms with Gasteiger partial charge in [0.15, 0.2) is 11.5 Å². The molecule has 0 aliphatic carbocycles. The molecule has 0 aromatic carbocycles. The Bertz CT molecular complexity index is 365. The van der Waals surface area contributed by atoms with Crippen LogP contribution in [0, 0.1) is 0 Å². The molecule has 1 aliphatic heterocycles. The van der Waals surface area contributed by atoms with Crippen LogP contribution >= 0.6 is 0 Å². The molecule has 0 fully saturated rings. The van der Waals surface area contributed by atoms with E-state index in [1.165, 1.54) is 0 Å². The topological polar surface area (TPSA) is 42.4 Å². The molecule has 74 valence electrons. The van der Waals surface area contributed by atoms with Gasteiger partial charge in [-0.3, -0.25) is 9.78 Å². The molecule has 1 atom stereocenters. The lowest BCUT2D eigenvalue weighted by molar-refractivity contribution is -0.119. The van der Waals surface area contributed by atoms with Crippen molar-refractivity contribution in [3.8, 4) is 5.75 Å². The summed E-state index contributed by atoms with van der Waals surface area (Å²) < 4.78 is 5.44. The van der Waals surface area contributed by atoms with Gasteiger partial charge in [0.25, 0.3) is 0 Å². The summed E-state index contributed by atoms with van der Waals surface area (Å²) in [6, 6.07) is 1.68. The summed E-state index contributed by atoms with van der Waals surface area (Å²) in [6.45, 7) is 1.99. The molecule has 1 unspecified atom stereocenters. The number of pyridine rings is 1. The summed E-state index contributed by atoms with van der Waals surface area (Å²) in [5.74, 6) is 0.863. The van der Waals surface area contributed by atoms with E-state index in [-0.39, 0.29) is 11.8 Å². The quantitative estimate of drug-likeness (QED) is 0.662. The van der Waals surface area contributed by atoms with Crippen molar-refractivity contribution in [1.82, 2.24) is 4.98 Å². The van der Waals surface area contributed by atoms with Crippen molar-refractivity contribution in [2.45, 2.75) is 13.0 Å². The SMILES string of the molecule is CC(=O)C1COc2cnccc2N1C. The number of anilines is 1. The number of hydrogen-bond acceptors (Lipinski definition) is 4. The molecule has 1 aromatic heterocycles. The van der Waals surface area contributed by atoms with Crippen LogP contribution in [0.5, 0.6) is 5.75 Å². The summed E-state index contributed by atoms with van der Waals surface area (Å²) >= 11 is 0. The second kappa shape index (κ2) is 3.29. The zero-order chi connectivity index (χ0) is 10.1. The summed E-state index contributed by atoms with van der Waals surface area (Å²) in [4.78, 5) is 17.2. The third kappa shape index (κ3) is 1.32. The van der Waals surface area contributed by atoms with Crippen molar-refractivity contribution in [2.75, 3.05) is 18.6 Å². The highest BCUT2D eigenvalue weighted by Gasteiger charge is 2.27. The standard InChI is InChI=1S/C10H12N2O2/c1-7(13)9-6-14-10-5-11-4-3-8(10)12(9)2/h3-5,9H,6H2,1-2H3. The van der Waals surface area contributed by atoms with Crippen LogP contribution in [0.2, 0.25) is 0 Å². The molecule has 1 aromatic rings. The number of rotatable bonds is 1. The average molecular weight is 192 g/mol. The van der Waals surface area contributed by atoms with Crippen molar-refractivity contribution in [3.05, 3.63) is 18.5 Å². The van der Waals surface area contributed by atoms with Crippen LogP contribution in [0.15, 0.2) is 18.5 Å². The molecule has 4 heteroatoms. The lowest BCUT2D eigenvalue weighted by atomic mass is 10.1. The predicted molar refractivity (Wildman–Crippen MR) is 52.6 cm³/mol. The molecule has 0 saturated heterocycles. The van der Waals surface area contributed by atoms with Crippen LogP contribution in [0.3, 0.4) is 0 Å². The van der Waals surface area contributed by atoms with Gasteiger partial charge in [-0.2, -0.15) is 0 Å². The van der Waals surface area contributed by atoms with Gasteiger partial charge in [-0.25, -0.2) is 0 Å². The molecular weight excluding hydrogens is 180 g/mol. The van der Waals surface area contributed by atoms with Gasteiger partial charge in [-0.1, -0.05) is 0 Å². The second-order valence-corrected chi connectivity index (χ2v) is 3.39. The van der Waals surface area contributed by atoms with E-state index in [0.717, 1.165) is 11.4 Å². The van der Waals surface area contributed by atoms with Gasteiger partial charge < -0.3 is 9.64 Å². The fourth-order valence-corrected chi connectivity index (χ4v) is 1.61. The Morgan fingerprint density at radius 2 is 2.50 bits per heavy atom. The number of carbonyl (C=O) groups is 1. The van der Waals surface area contributed by atoms with E-state index in [1.54, 1.807) is 19.3 Å². The summed E-state index contributed by atoms with van der Waals surface area (Å²) in [5, 5.41) is 0. The molecule has 0 spiro atoms. The number of ketones is 1. The van der Waals surface area contributed by atoms with Gasteiger partial charge in [-0.15, -0.1) is 0 Å². The third-order valence-electron chi connectivity index (χ3n) is 2.48. The minimum Gasteiger partial charge on any atom is -0.487 e. The number of Topliss-reactive ketones (excluding diaryl/α,β-unsaturated/α-hetero) is 1. The van der Waals surface area contributed by atoms with Gasteiger partial charge in [0, 0.05) is 13.2 Å². The largest absolute Gasteiger partial charge is 0.487 e. The molecule has 14 heavy (non-hydrogen) atoms. The van der Waals surface area contributed by atoms with Crippen LogP contribution in [-0.2, 0) is 4.79 Å². The first-order valence-electron chi connectivity index (χ1n) is 4.50. The normalized spacial score (nSPS) is 19.9. The lowest BCUT2D eigenvalue weighted by Crippen LogP contribution is -2.45. The first-order valence-corrected chi connectivity index (χ1v) is 4.50. The minimum atomic E-state index is -0.176. The number of likely N-dealkylation sites (N-methyl/N-ethyl adjacent to an activating group) is 1. The maximum absolute atomic E-state index is 11.3. The smallest absolute Gasteiger partial charge is 0.160 e. The molecule has 0 N–H and O–H groups in total. The number of hydrogen-bond donors (Lipinski definition) is 0. The monoisotopic (exact) mass is 192 g/mol. The number of carbonyl (C=O) groups excluding carboxylic acids is 1. The van der Waals surface area contributed by atoms with E-state index in [0.29, 0.717) is 6.61 Å². The Morgan fingerprint density at radius 3 is 3.21 bits per heavy atom. The van der Waals surface area contributed by atoms with Crippen molar-refractivity contribution >= 4 is 11.5 Å². The van der Waals surface area contributed by atoms with Crippen LogP contribution in [-0.4, -0.2) is 30.5 Å². The highest BCUT2D eigenvalue weighted by Crippen LogP contribution is 2.31. The van der Waals surface area contributed by atoms with E-state index < -0.39 is 0 Å². The zero-order valence-electron chi connectivity index (χ0n) is 8.23. The van der Waals surface area contributed by atoms with Crippen LogP contribution in [0.1, 0.15) is 6.92 Å². The van der Waals surface area contributed by atoms with Crippen LogP contribution in [0.25, 0.3) is 0 Å². The van der Waals surface area contributed by atoms with E-state index in [2.05, 4.69) is 4.98 Å². The van der Waals surface area contributed by atoms with Gasteiger partial charge in [0.2, 0.25) is 0 Å². The summed E-state index contributed by atoms with van der Waals surface area (Å²) in [6.07, 6.45) is 3.36. The van der Waals surface area contributed by atoms with Gasteiger partial charge in [-0.05, 0) is 13.0 Å². The molecule has 0 bridgehead atoms. The predicted octanol–water partition coefficient (Wildman–Crippen LogP) is 0.868. The molecule has 2 heterocycles. The zero-order valence-corrected chi connectivity index (χ0v) is 8.23. The number of aromatic nitrogens is 1. The molecule has 0 saturated carbocycles. The minimum absolute atomic E-state index is 0.120. The van der Waals surface area contributed by atoms with Gasteiger partial charge in [0.05, 0.1) is 11.9 Å². The molecule has 2 rings (SSSR count). The van der Waals surface area contributed by atoms with E-state index in [1.807, 2.05) is 18.0 Å². The van der Waals surface area contributed by atoms with E-state index in [9.17, 15) is 4.79 Å². The van der Waals surface area contributed by atoms with Crippen LogP contribution < -0.4 is 9.64 Å². The van der Waals surface area contributed by atoms with Gasteiger partial charge in [0.1, 0.15) is 12.6 Å². The van der Waals surface area contributed by atoms with Crippen molar-refractivity contribution < 1.29 is 9.53 Å². The number of nitrogens with zero attached hydrogens (tertiary/aromatic N) is 2. The Morgan fingerprint density at radius 1 is 1.71 bits per heavy atom. The van der Waals surface area contributed by atoms with Crippen LogP contribution in [0.4, 0.5) is 5.69 Å². The van der Waals surface area contributed by atoms with Crippen molar-refractivity contribution in [3.63, 3.8) is 0 Å². The maximum atomic E-state index is 11.3. The fraction of sp³-hybridized carbons (Fsp3) is 0.400. The number of fused-ring (bicyclic) bond motifs is 1. The highest BCUT2D eigenvalue weighted by atomic mass is 16.5. The fourth-order valence-electron chi connectivity index (χ4n) is 1.61. The van der Waals surface area contributed by atoms with E-state index >= 15 is 0 Å². The van der Waals surface area contributed by atoms with Crippen molar-refractivity contribution in [2.24, 2.45) is 0 Å². The molecule has 4 nitrogen and oxygen atoms in total. The Kier molecular flexibility index (Phi) is 2.11. The average Bonchev–Trinajstić information content (AvgIpc) is 2.18. The Hall–Kier alpha value is -1.58. The van der Waals surface area contributed by atoms with E-state index in [4.69, 9.17) is 4.74 Å². The maximum Gasteiger partial charge on any atom is 0.160 e. The van der Waals surface area contributed by atoms with Crippen molar-refractivity contribution in [1.29, 1.82) is 0 Å². The first kappa shape index (κ1) is 8.99. The first-order chi connectivity index (χ1) is 6.70. The number of ether oxygens (including phenoxy) is 1. The summed E-state index contributed by atoms with van der Waals surface area (Å²) in [7, 11) is 1.90. The van der Waals surface area contributed by atoms with Gasteiger partial charge >= 0.3 is 0 Å². The lowest BCUT2D eigenvalue weighted by Gasteiger charge is -2.33. The summed E-state index contributed by atoms with van der Waals surface area (Å²) in [5.41, 5.74) is 0.923. The Balaban J connectivity index is 2.36. The third-order valence-corrected chi connectivity index (χ3v) is 2.48. The molecule has 1 aliphatic rings. The Labute approximate surface area is 82.5 Å². The molecule has 0 radical (unpaired) electrons.